The molecule has 0 aromatic rings. The van der Waals surface area contributed by atoms with Crippen LogP contribution < -0.4 is 0 Å². The predicted octanol–water partition coefficient (Wildman–Crippen LogP) is 4.70. The van der Waals surface area contributed by atoms with E-state index in [1.54, 1.807) is 0 Å². The van der Waals surface area contributed by atoms with Crippen LogP contribution in [-0.4, -0.2) is 18.4 Å². The van der Waals surface area contributed by atoms with Gasteiger partial charge in [-0.2, -0.15) is 0 Å². The third kappa shape index (κ3) is 4.05. The first-order chi connectivity index (χ1) is 10.9. The van der Waals surface area contributed by atoms with Gasteiger partial charge in [-0.05, 0) is 70.6 Å². The quantitative estimate of drug-likeness (QED) is 0.526. The minimum atomic E-state index is -0.126. The van der Waals surface area contributed by atoms with Crippen molar-refractivity contribution >= 4 is 11.8 Å². The summed E-state index contributed by atoms with van der Waals surface area (Å²) in [5.41, 5.74) is 1.39. The molecule has 0 unspecified atom stereocenters. The van der Waals surface area contributed by atoms with Crippen LogP contribution in [0.15, 0.2) is 11.6 Å². The number of ether oxygens (including phenoxy) is 1. The molecule has 0 spiro atoms. The maximum Gasteiger partial charge on any atom is 0.309 e. The van der Waals surface area contributed by atoms with Gasteiger partial charge in [0.15, 0.2) is 0 Å². The van der Waals surface area contributed by atoms with Crippen molar-refractivity contribution in [2.24, 2.45) is 23.2 Å². The zero-order valence-electron chi connectivity index (χ0n) is 15.2. The minimum Gasteiger partial charge on any atom is -0.466 e. The Labute approximate surface area is 140 Å². The van der Waals surface area contributed by atoms with E-state index in [1.165, 1.54) is 5.57 Å². The molecule has 130 valence electrons. The lowest BCUT2D eigenvalue weighted by Crippen LogP contribution is -2.40. The molecule has 2 fully saturated rings. The summed E-state index contributed by atoms with van der Waals surface area (Å²) in [6, 6.07) is 0. The summed E-state index contributed by atoms with van der Waals surface area (Å²) in [4.78, 5) is 25.1. The fourth-order valence-electron chi connectivity index (χ4n) is 4.81. The highest BCUT2D eigenvalue weighted by molar-refractivity contribution is 5.84. The third-order valence-electron chi connectivity index (χ3n) is 5.88. The van der Waals surface area contributed by atoms with Crippen LogP contribution >= 0.6 is 0 Å². The largest absolute Gasteiger partial charge is 0.466 e. The van der Waals surface area contributed by atoms with Gasteiger partial charge in [-0.25, -0.2) is 0 Å². The summed E-state index contributed by atoms with van der Waals surface area (Å²) in [5, 5.41) is 0. The molecule has 2 saturated carbocycles. The summed E-state index contributed by atoms with van der Waals surface area (Å²) < 4.78 is 5.35. The van der Waals surface area contributed by atoms with Gasteiger partial charge in [-0.15, -0.1) is 0 Å². The molecular weight excluding hydrogens is 288 g/mol. The Morgan fingerprint density at radius 2 is 2.13 bits per heavy atom. The lowest BCUT2D eigenvalue weighted by atomic mass is 9.64. The fraction of sp³-hybridized carbons (Fsp3) is 0.800. The maximum absolute atomic E-state index is 12.6. The Bertz CT molecular complexity index is 475. The van der Waals surface area contributed by atoms with E-state index in [2.05, 4.69) is 26.8 Å². The van der Waals surface area contributed by atoms with Gasteiger partial charge in [0.2, 0.25) is 0 Å². The monoisotopic (exact) mass is 320 g/mol. The number of esters is 1. The van der Waals surface area contributed by atoms with Gasteiger partial charge in [0, 0.05) is 12.3 Å². The average molecular weight is 320 g/mol. The topological polar surface area (TPSA) is 43.4 Å². The average Bonchev–Trinajstić information content (AvgIpc) is 2.82. The number of allylic oxidation sites excluding steroid dienone is 2. The fourth-order valence-corrected chi connectivity index (χ4v) is 4.81. The van der Waals surface area contributed by atoms with Gasteiger partial charge in [0.05, 0.1) is 12.5 Å². The zero-order chi connectivity index (χ0) is 17.0. The number of hydrogen-bond donors (Lipinski definition) is 0. The van der Waals surface area contributed by atoms with Crippen LogP contribution in [0.4, 0.5) is 0 Å². The molecule has 0 aromatic heterocycles. The van der Waals surface area contributed by atoms with Gasteiger partial charge in [0.25, 0.3) is 0 Å². The highest BCUT2D eigenvalue weighted by atomic mass is 16.5. The van der Waals surface area contributed by atoms with Crippen LogP contribution in [0.1, 0.15) is 72.6 Å². The van der Waals surface area contributed by atoms with E-state index in [1.807, 2.05) is 6.92 Å². The van der Waals surface area contributed by atoms with Crippen molar-refractivity contribution in [3.63, 3.8) is 0 Å². The van der Waals surface area contributed by atoms with Crippen molar-refractivity contribution in [3.05, 3.63) is 11.6 Å². The minimum absolute atomic E-state index is 0.0670. The van der Waals surface area contributed by atoms with E-state index < -0.39 is 0 Å². The molecule has 23 heavy (non-hydrogen) atoms. The van der Waals surface area contributed by atoms with Crippen LogP contribution in [-0.2, 0) is 14.3 Å². The first-order valence-electron chi connectivity index (χ1n) is 9.21. The Balaban J connectivity index is 2.18. The van der Waals surface area contributed by atoms with Gasteiger partial charge in [-0.3, -0.25) is 9.59 Å². The predicted molar refractivity (Wildman–Crippen MR) is 92.0 cm³/mol. The molecule has 2 rings (SSSR count). The summed E-state index contributed by atoms with van der Waals surface area (Å²) in [6.45, 7) is 8.69. The van der Waals surface area contributed by atoms with Crippen molar-refractivity contribution in [2.75, 3.05) is 6.61 Å². The van der Waals surface area contributed by atoms with Crippen LogP contribution in [0.5, 0.6) is 0 Å². The number of rotatable bonds is 6. The Morgan fingerprint density at radius 3 is 2.78 bits per heavy atom. The third-order valence-corrected chi connectivity index (χ3v) is 5.88. The molecule has 3 heteroatoms. The van der Waals surface area contributed by atoms with Gasteiger partial charge in [0.1, 0.15) is 5.78 Å². The molecule has 0 heterocycles. The number of carbonyl (C=O) groups excluding carboxylic acids is 2. The van der Waals surface area contributed by atoms with Crippen molar-refractivity contribution in [3.8, 4) is 0 Å². The second kappa shape index (κ2) is 7.63. The Kier molecular flexibility index (Phi) is 6.05. The molecule has 2 aliphatic rings. The molecular formula is C20H32O3. The number of Topliss-reactive ketones (excluding diaryl/α,β-unsaturated/α-hetero) is 1. The first kappa shape index (κ1) is 18.2. The molecule has 0 radical (unpaired) electrons. The highest BCUT2D eigenvalue weighted by Gasteiger charge is 2.53. The lowest BCUT2D eigenvalue weighted by Gasteiger charge is -2.38. The number of fused-ring (bicyclic) bond motifs is 1. The van der Waals surface area contributed by atoms with Crippen molar-refractivity contribution in [1.29, 1.82) is 0 Å². The summed E-state index contributed by atoms with van der Waals surface area (Å²) in [7, 11) is 0. The van der Waals surface area contributed by atoms with E-state index in [0.717, 1.165) is 38.5 Å². The maximum atomic E-state index is 12.6. The van der Waals surface area contributed by atoms with E-state index in [4.69, 9.17) is 4.74 Å². The van der Waals surface area contributed by atoms with Crippen LogP contribution in [0.2, 0.25) is 0 Å². The van der Waals surface area contributed by atoms with E-state index in [-0.39, 0.29) is 29.1 Å². The van der Waals surface area contributed by atoms with Gasteiger partial charge < -0.3 is 4.74 Å². The van der Waals surface area contributed by atoms with Crippen molar-refractivity contribution < 1.29 is 14.3 Å². The molecule has 4 atom stereocenters. The second-order valence-electron chi connectivity index (χ2n) is 7.87. The normalized spacial score (nSPS) is 31.4. The van der Waals surface area contributed by atoms with E-state index in [0.29, 0.717) is 18.8 Å². The molecule has 0 aromatic carbocycles. The lowest BCUT2D eigenvalue weighted by molar-refractivity contribution is -0.152. The number of carbonyl (C=O) groups is 2. The molecule has 0 aliphatic heterocycles. The Morgan fingerprint density at radius 1 is 1.39 bits per heavy atom. The summed E-state index contributed by atoms with van der Waals surface area (Å²) in [6.07, 6.45) is 8.78. The van der Waals surface area contributed by atoms with E-state index >= 15 is 0 Å². The molecule has 0 amide bonds. The molecule has 0 bridgehead atoms. The van der Waals surface area contributed by atoms with Crippen molar-refractivity contribution in [2.45, 2.75) is 72.6 Å². The number of ketones is 1. The van der Waals surface area contributed by atoms with Crippen LogP contribution in [0, 0.1) is 23.2 Å². The number of hydrogen-bond acceptors (Lipinski definition) is 3. The molecule has 2 aliphatic carbocycles. The zero-order valence-corrected chi connectivity index (χ0v) is 15.2. The van der Waals surface area contributed by atoms with Crippen LogP contribution in [0.3, 0.4) is 0 Å². The molecule has 0 saturated heterocycles. The van der Waals surface area contributed by atoms with E-state index in [9.17, 15) is 9.59 Å². The van der Waals surface area contributed by atoms with Gasteiger partial charge in [-0.1, -0.05) is 18.6 Å². The highest BCUT2D eigenvalue weighted by Crippen LogP contribution is 2.56. The summed E-state index contributed by atoms with van der Waals surface area (Å²) >= 11 is 0. The standard InChI is InChI=1S/C20H32O3/c1-5-23-19(22)16(9-6-8-14(2)3)15-11-13-20(4)12-7-10-17(21)18(15)20/h8,15-16,18H,5-7,9-13H2,1-4H3/t15-,16+,18+,20+/m1/s1. The molecule has 3 nitrogen and oxygen atoms in total. The molecule has 0 N–H and O–H groups in total. The van der Waals surface area contributed by atoms with Crippen molar-refractivity contribution in [1.82, 2.24) is 0 Å². The van der Waals surface area contributed by atoms with Gasteiger partial charge >= 0.3 is 5.97 Å². The van der Waals surface area contributed by atoms with Crippen LogP contribution in [0.25, 0.3) is 0 Å². The summed E-state index contributed by atoms with van der Waals surface area (Å²) in [5.74, 6) is 0.411. The SMILES string of the molecule is CCOC(=O)[C@@H](CCC=C(C)C)[C@H]1CC[C@]2(C)CCCC(=O)[C@H]12. The second-order valence-corrected chi connectivity index (χ2v) is 7.87. The Hall–Kier alpha value is -1.12. The first-order valence-corrected chi connectivity index (χ1v) is 9.21. The smallest absolute Gasteiger partial charge is 0.309 e.